The minimum absolute atomic E-state index is 0.0792. The van der Waals surface area contributed by atoms with Crippen molar-refractivity contribution in [3.63, 3.8) is 0 Å². The summed E-state index contributed by atoms with van der Waals surface area (Å²) in [5, 5.41) is 2.32. The van der Waals surface area contributed by atoms with E-state index >= 15 is 0 Å². The minimum atomic E-state index is -0.748. The van der Waals surface area contributed by atoms with E-state index < -0.39 is 17.5 Å². The van der Waals surface area contributed by atoms with Crippen LogP contribution in [0.3, 0.4) is 0 Å². The van der Waals surface area contributed by atoms with Crippen molar-refractivity contribution in [2.45, 2.75) is 0 Å². The lowest BCUT2D eigenvalue weighted by molar-refractivity contribution is 0.102. The lowest BCUT2D eigenvalue weighted by Crippen LogP contribution is -2.15. The van der Waals surface area contributed by atoms with Crippen LogP contribution in [-0.2, 0) is 0 Å². The number of rotatable bonds is 3. The molecular weight excluding hydrogens is 332 g/mol. The van der Waals surface area contributed by atoms with Crippen LogP contribution in [0, 0.1) is 11.6 Å². The molecule has 0 aliphatic carbocycles. The van der Waals surface area contributed by atoms with Gasteiger partial charge in [-0.15, -0.1) is 0 Å². The summed E-state index contributed by atoms with van der Waals surface area (Å²) in [6.07, 6.45) is 0. The molecule has 0 aliphatic heterocycles. The maximum Gasteiger partial charge on any atom is 0.259 e. The minimum Gasteiger partial charge on any atom is -0.497 e. The fraction of sp³-hybridized carbons (Fsp3) is 0.0714. The molecule has 0 saturated heterocycles. The number of methoxy groups -OCH3 is 1. The first-order valence-corrected chi connectivity index (χ1v) is 6.41. The highest BCUT2D eigenvalue weighted by atomic mass is 79.9. The number of anilines is 1. The fourth-order valence-electron chi connectivity index (χ4n) is 1.63. The monoisotopic (exact) mass is 341 g/mol. The van der Waals surface area contributed by atoms with Gasteiger partial charge in [-0.1, -0.05) is 6.07 Å². The van der Waals surface area contributed by atoms with Crippen molar-refractivity contribution in [1.82, 2.24) is 0 Å². The zero-order valence-corrected chi connectivity index (χ0v) is 12.0. The summed E-state index contributed by atoms with van der Waals surface area (Å²) < 4.78 is 32.5. The summed E-state index contributed by atoms with van der Waals surface area (Å²) >= 11 is 3.09. The summed E-state index contributed by atoms with van der Waals surface area (Å²) in [7, 11) is 1.42. The first-order chi connectivity index (χ1) is 9.52. The van der Waals surface area contributed by atoms with Crippen molar-refractivity contribution in [2.24, 2.45) is 0 Å². The molecule has 0 unspecified atom stereocenters. The van der Waals surface area contributed by atoms with Gasteiger partial charge >= 0.3 is 0 Å². The molecule has 20 heavy (non-hydrogen) atoms. The van der Waals surface area contributed by atoms with Crippen LogP contribution in [0.15, 0.2) is 40.9 Å². The van der Waals surface area contributed by atoms with Crippen LogP contribution in [0.2, 0.25) is 0 Å². The van der Waals surface area contributed by atoms with E-state index in [1.165, 1.54) is 31.4 Å². The standard InChI is InChI=1S/C14H10BrF2NO2/c1-20-8-5-6-10(16)12(7-8)18-14(19)13-9(15)3-2-4-11(13)17/h2-7H,1H3,(H,18,19). The molecule has 1 amide bonds. The van der Waals surface area contributed by atoms with Gasteiger partial charge in [0.15, 0.2) is 0 Å². The Morgan fingerprint density at radius 2 is 1.95 bits per heavy atom. The summed E-state index contributed by atoms with van der Waals surface area (Å²) in [5.74, 6) is -1.69. The van der Waals surface area contributed by atoms with Gasteiger partial charge in [-0.3, -0.25) is 4.79 Å². The van der Waals surface area contributed by atoms with E-state index in [0.717, 1.165) is 12.1 Å². The largest absolute Gasteiger partial charge is 0.497 e. The SMILES string of the molecule is COc1ccc(F)c(NC(=O)c2c(F)cccc2Br)c1. The predicted octanol–water partition coefficient (Wildman–Crippen LogP) is 3.99. The molecule has 2 aromatic rings. The molecule has 0 fully saturated rings. The van der Waals surface area contributed by atoms with Gasteiger partial charge in [-0.2, -0.15) is 0 Å². The summed E-state index contributed by atoms with van der Waals surface area (Å²) in [6.45, 7) is 0. The third-order valence-corrected chi connectivity index (χ3v) is 3.27. The van der Waals surface area contributed by atoms with Crippen molar-refractivity contribution in [2.75, 3.05) is 12.4 Å². The van der Waals surface area contributed by atoms with Crippen molar-refractivity contribution in [3.05, 3.63) is 58.1 Å². The Balaban J connectivity index is 2.33. The molecule has 2 rings (SSSR count). The number of nitrogens with one attached hydrogen (secondary N) is 1. The third kappa shape index (κ3) is 2.96. The highest BCUT2D eigenvalue weighted by Crippen LogP contribution is 2.24. The lowest BCUT2D eigenvalue weighted by atomic mass is 10.2. The van der Waals surface area contributed by atoms with Crippen molar-refractivity contribution >= 4 is 27.5 Å². The van der Waals surface area contributed by atoms with Crippen molar-refractivity contribution in [3.8, 4) is 5.75 Å². The molecule has 0 aliphatic rings. The Labute approximate surface area is 122 Å². The van der Waals surface area contributed by atoms with E-state index in [-0.39, 0.29) is 11.3 Å². The quantitative estimate of drug-likeness (QED) is 0.916. The molecule has 0 heterocycles. The average molecular weight is 342 g/mol. The molecule has 0 bridgehead atoms. The van der Waals surface area contributed by atoms with E-state index in [9.17, 15) is 13.6 Å². The second-order valence-corrected chi connectivity index (χ2v) is 4.75. The molecule has 0 saturated carbocycles. The average Bonchev–Trinajstić information content (AvgIpc) is 2.41. The van der Waals surface area contributed by atoms with Crippen LogP contribution in [0.4, 0.5) is 14.5 Å². The van der Waals surface area contributed by atoms with E-state index in [1.54, 1.807) is 0 Å². The zero-order valence-electron chi connectivity index (χ0n) is 10.4. The molecule has 0 spiro atoms. The highest BCUT2D eigenvalue weighted by molar-refractivity contribution is 9.10. The molecule has 6 heteroatoms. The van der Waals surface area contributed by atoms with Crippen LogP contribution < -0.4 is 10.1 Å². The summed E-state index contributed by atoms with van der Waals surface area (Å²) in [4.78, 5) is 12.0. The molecule has 3 nitrogen and oxygen atoms in total. The summed E-state index contributed by atoms with van der Waals surface area (Å²) in [5.41, 5.74) is -0.265. The zero-order chi connectivity index (χ0) is 14.7. The molecule has 0 atom stereocenters. The Hall–Kier alpha value is -1.95. The Bertz CT molecular complexity index is 641. The number of halogens is 3. The van der Waals surface area contributed by atoms with E-state index in [0.29, 0.717) is 10.2 Å². The number of hydrogen-bond acceptors (Lipinski definition) is 2. The van der Waals surface area contributed by atoms with Crippen molar-refractivity contribution in [1.29, 1.82) is 0 Å². The van der Waals surface area contributed by atoms with Gasteiger partial charge in [-0.25, -0.2) is 8.78 Å². The first-order valence-electron chi connectivity index (χ1n) is 5.62. The topological polar surface area (TPSA) is 38.3 Å². The molecular formula is C14H10BrF2NO2. The number of amides is 1. The number of carbonyl (C=O) groups excluding carboxylic acids is 1. The molecule has 0 aromatic heterocycles. The number of carbonyl (C=O) groups is 1. The Kier molecular flexibility index (Phi) is 4.34. The number of ether oxygens (including phenoxy) is 1. The van der Waals surface area contributed by atoms with Crippen LogP contribution in [0.5, 0.6) is 5.75 Å². The highest BCUT2D eigenvalue weighted by Gasteiger charge is 2.17. The van der Waals surface area contributed by atoms with Gasteiger partial charge in [-0.05, 0) is 40.2 Å². The lowest BCUT2D eigenvalue weighted by Gasteiger charge is -2.10. The van der Waals surface area contributed by atoms with Gasteiger partial charge in [0.05, 0.1) is 18.4 Å². The van der Waals surface area contributed by atoms with Gasteiger partial charge in [0.25, 0.3) is 5.91 Å². The Morgan fingerprint density at radius 3 is 2.60 bits per heavy atom. The maximum atomic E-state index is 13.6. The van der Waals surface area contributed by atoms with Gasteiger partial charge in [0.2, 0.25) is 0 Å². The van der Waals surface area contributed by atoms with Crippen LogP contribution in [0.25, 0.3) is 0 Å². The molecule has 2 aromatic carbocycles. The number of benzene rings is 2. The maximum absolute atomic E-state index is 13.6. The van der Waals surface area contributed by atoms with Gasteiger partial charge in [0, 0.05) is 10.5 Å². The van der Waals surface area contributed by atoms with E-state index in [2.05, 4.69) is 21.2 Å². The summed E-state index contributed by atoms with van der Waals surface area (Å²) in [6, 6.07) is 8.04. The van der Waals surface area contributed by atoms with Crippen molar-refractivity contribution < 1.29 is 18.3 Å². The molecule has 1 N–H and O–H groups in total. The van der Waals surface area contributed by atoms with Crippen LogP contribution in [0.1, 0.15) is 10.4 Å². The van der Waals surface area contributed by atoms with Gasteiger partial charge in [0.1, 0.15) is 17.4 Å². The predicted molar refractivity (Wildman–Crippen MR) is 75.0 cm³/mol. The van der Waals surface area contributed by atoms with E-state index in [4.69, 9.17) is 4.74 Å². The normalized spacial score (nSPS) is 10.2. The second-order valence-electron chi connectivity index (χ2n) is 3.90. The van der Waals surface area contributed by atoms with E-state index in [1.807, 2.05) is 0 Å². The number of hydrogen-bond donors (Lipinski definition) is 1. The smallest absolute Gasteiger partial charge is 0.259 e. The Morgan fingerprint density at radius 1 is 1.20 bits per heavy atom. The van der Waals surface area contributed by atoms with Crippen LogP contribution >= 0.6 is 15.9 Å². The third-order valence-electron chi connectivity index (χ3n) is 2.61. The fourth-order valence-corrected chi connectivity index (χ4v) is 2.15. The van der Waals surface area contributed by atoms with Crippen LogP contribution in [-0.4, -0.2) is 13.0 Å². The molecule has 0 radical (unpaired) electrons. The van der Waals surface area contributed by atoms with Gasteiger partial charge < -0.3 is 10.1 Å². The molecule has 104 valence electrons. The second kappa shape index (κ2) is 6.00. The first kappa shape index (κ1) is 14.5.